The highest BCUT2D eigenvalue weighted by molar-refractivity contribution is 9.11. The van der Waals surface area contributed by atoms with Crippen LogP contribution in [-0.2, 0) is 6.54 Å². The summed E-state index contributed by atoms with van der Waals surface area (Å²) in [6, 6.07) is 4.13. The molecule has 0 atom stereocenters. The van der Waals surface area contributed by atoms with Crippen LogP contribution in [-0.4, -0.2) is 17.3 Å². The first-order valence-corrected chi connectivity index (χ1v) is 6.89. The third-order valence-corrected chi connectivity index (χ3v) is 4.71. The minimum atomic E-state index is -0.181. The summed E-state index contributed by atoms with van der Waals surface area (Å²) in [4.78, 5) is 1.28. The number of nitrogens with one attached hydrogen (secondary N) is 1. The van der Waals surface area contributed by atoms with Crippen LogP contribution in [0.25, 0.3) is 0 Å². The topological polar surface area (TPSA) is 12.0 Å². The maximum absolute atomic E-state index is 5.83. The zero-order valence-electron chi connectivity index (χ0n) is 7.82. The molecule has 0 aromatic carbocycles. The smallest absolute Gasteiger partial charge is 0.0701 e. The highest BCUT2D eigenvalue weighted by Crippen LogP contribution is 2.22. The number of hydrogen-bond acceptors (Lipinski definition) is 2. The monoisotopic (exact) mass is 315 g/mol. The largest absolute Gasteiger partial charge is 0.304 e. The zero-order valence-corrected chi connectivity index (χ0v) is 11.7. The molecule has 0 aliphatic carbocycles. The van der Waals surface area contributed by atoms with Gasteiger partial charge in [-0.05, 0) is 35.0 Å². The predicted octanol–water partition coefficient (Wildman–Crippen LogP) is 3.84. The molecule has 0 unspecified atom stereocenters. The molecule has 5 heteroatoms. The molecule has 80 valence electrons. The highest BCUT2D eigenvalue weighted by Gasteiger charge is 2.20. The summed E-state index contributed by atoms with van der Waals surface area (Å²) in [6.07, 6.45) is 0. The summed E-state index contributed by atoms with van der Waals surface area (Å²) < 4.78 is 1.15. The molecule has 0 amide bonds. The van der Waals surface area contributed by atoms with Gasteiger partial charge in [0.1, 0.15) is 0 Å². The second kappa shape index (κ2) is 5.71. The van der Waals surface area contributed by atoms with E-state index >= 15 is 0 Å². The van der Waals surface area contributed by atoms with Crippen LogP contribution in [0.3, 0.4) is 0 Å². The van der Waals surface area contributed by atoms with Crippen molar-refractivity contribution in [2.24, 2.45) is 0 Å². The summed E-state index contributed by atoms with van der Waals surface area (Å²) in [7, 11) is 0. The van der Waals surface area contributed by atoms with Crippen LogP contribution in [0.2, 0.25) is 0 Å². The molecule has 0 fully saturated rings. The molecule has 1 nitrogen and oxygen atoms in total. The third-order valence-electron chi connectivity index (χ3n) is 1.91. The Morgan fingerprint density at radius 2 is 2.07 bits per heavy atom. The highest BCUT2D eigenvalue weighted by atomic mass is 79.9. The average molecular weight is 317 g/mol. The van der Waals surface area contributed by atoms with Crippen LogP contribution < -0.4 is 5.32 Å². The fourth-order valence-electron chi connectivity index (χ4n) is 0.877. The van der Waals surface area contributed by atoms with E-state index in [1.807, 2.05) is 13.0 Å². The van der Waals surface area contributed by atoms with Crippen molar-refractivity contribution in [1.29, 1.82) is 0 Å². The summed E-state index contributed by atoms with van der Waals surface area (Å²) in [5.74, 6) is 1.03. The van der Waals surface area contributed by atoms with E-state index in [0.29, 0.717) is 11.8 Å². The molecule has 1 aromatic rings. The molecular formula is C9H12BrCl2NS. The lowest BCUT2D eigenvalue weighted by Gasteiger charge is -2.25. The summed E-state index contributed by atoms with van der Waals surface area (Å²) >= 11 is 16.8. The van der Waals surface area contributed by atoms with Crippen molar-refractivity contribution in [1.82, 2.24) is 5.32 Å². The van der Waals surface area contributed by atoms with Gasteiger partial charge >= 0.3 is 0 Å². The van der Waals surface area contributed by atoms with Gasteiger partial charge in [0.2, 0.25) is 0 Å². The number of halogens is 3. The van der Waals surface area contributed by atoms with Crippen LogP contribution >= 0.6 is 50.5 Å². The van der Waals surface area contributed by atoms with Gasteiger partial charge in [-0.2, -0.15) is 0 Å². The minimum absolute atomic E-state index is 0.181. The molecule has 0 spiro atoms. The predicted molar refractivity (Wildman–Crippen MR) is 68.7 cm³/mol. The molecule has 0 aliphatic rings. The molecule has 0 saturated heterocycles. The molecular weight excluding hydrogens is 305 g/mol. The lowest BCUT2D eigenvalue weighted by atomic mass is 10.1. The van der Waals surface area contributed by atoms with E-state index in [-0.39, 0.29) is 5.54 Å². The molecule has 0 saturated carbocycles. The Hall–Kier alpha value is 0.720. The molecule has 0 bridgehead atoms. The molecule has 0 aliphatic heterocycles. The van der Waals surface area contributed by atoms with Crippen molar-refractivity contribution in [3.05, 3.63) is 20.8 Å². The van der Waals surface area contributed by atoms with Crippen molar-refractivity contribution in [2.45, 2.75) is 19.0 Å². The lowest BCUT2D eigenvalue weighted by Crippen LogP contribution is -2.45. The standard InChI is InChI=1S/C9H12BrCl2NS/c1-9(5-11,6-12)13-4-7-2-3-8(10)14-7/h2-3,13H,4-6H2,1H3. The van der Waals surface area contributed by atoms with Crippen molar-refractivity contribution in [3.63, 3.8) is 0 Å². The van der Waals surface area contributed by atoms with Crippen molar-refractivity contribution >= 4 is 50.5 Å². The first-order chi connectivity index (χ1) is 6.59. The average Bonchev–Trinajstić information content (AvgIpc) is 2.61. The number of alkyl halides is 2. The molecule has 1 aromatic heterocycles. The molecule has 1 rings (SSSR count). The van der Waals surface area contributed by atoms with Crippen LogP contribution in [0.1, 0.15) is 11.8 Å². The van der Waals surface area contributed by atoms with Gasteiger partial charge in [-0.15, -0.1) is 34.5 Å². The van der Waals surface area contributed by atoms with Crippen LogP contribution in [0.15, 0.2) is 15.9 Å². The van der Waals surface area contributed by atoms with Gasteiger partial charge in [0.25, 0.3) is 0 Å². The Balaban J connectivity index is 2.47. The van der Waals surface area contributed by atoms with Crippen LogP contribution in [0, 0.1) is 0 Å². The Kier molecular flexibility index (Phi) is 5.21. The van der Waals surface area contributed by atoms with Crippen molar-refractivity contribution < 1.29 is 0 Å². The van der Waals surface area contributed by atoms with E-state index in [1.165, 1.54) is 4.88 Å². The molecule has 1 N–H and O–H groups in total. The first kappa shape index (κ1) is 12.8. The fraction of sp³-hybridized carbons (Fsp3) is 0.556. The maximum Gasteiger partial charge on any atom is 0.0701 e. The van der Waals surface area contributed by atoms with Gasteiger partial charge < -0.3 is 5.32 Å². The normalized spacial score (nSPS) is 12.0. The summed E-state index contributed by atoms with van der Waals surface area (Å²) in [6.45, 7) is 2.84. The Morgan fingerprint density at radius 1 is 1.43 bits per heavy atom. The van der Waals surface area contributed by atoms with E-state index in [1.54, 1.807) is 11.3 Å². The minimum Gasteiger partial charge on any atom is -0.304 e. The van der Waals surface area contributed by atoms with E-state index in [4.69, 9.17) is 23.2 Å². The summed E-state index contributed by atoms with van der Waals surface area (Å²) in [5, 5.41) is 3.35. The second-order valence-electron chi connectivity index (χ2n) is 3.39. The molecule has 0 radical (unpaired) electrons. The SMILES string of the molecule is CC(CCl)(CCl)NCc1ccc(Br)s1. The Morgan fingerprint density at radius 3 is 2.50 bits per heavy atom. The van der Waals surface area contributed by atoms with E-state index in [0.717, 1.165) is 10.3 Å². The van der Waals surface area contributed by atoms with Crippen LogP contribution in [0.4, 0.5) is 0 Å². The maximum atomic E-state index is 5.83. The van der Waals surface area contributed by atoms with Crippen molar-refractivity contribution in [3.8, 4) is 0 Å². The van der Waals surface area contributed by atoms with E-state index in [2.05, 4.69) is 27.3 Å². The van der Waals surface area contributed by atoms with Gasteiger partial charge in [-0.1, -0.05) is 0 Å². The van der Waals surface area contributed by atoms with Gasteiger partial charge in [-0.25, -0.2) is 0 Å². The Bertz CT molecular complexity index is 286. The Labute approximate surface area is 107 Å². The van der Waals surface area contributed by atoms with Crippen molar-refractivity contribution in [2.75, 3.05) is 11.8 Å². The van der Waals surface area contributed by atoms with Gasteiger partial charge in [0.15, 0.2) is 0 Å². The number of thiophene rings is 1. The number of hydrogen-bond donors (Lipinski definition) is 1. The van der Waals surface area contributed by atoms with E-state index in [9.17, 15) is 0 Å². The molecule has 14 heavy (non-hydrogen) atoms. The summed E-state index contributed by atoms with van der Waals surface area (Å²) in [5.41, 5.74) is -0.181. The zero-order chi connectivity index (χ0) is 10.6. The van der Waals surface area contributed by atoms with Crippen LogP contribution in [0.5, 0.6) is 0 Å². The quantitative estimate of drug-likeness (QED) is 0.814. The fourth-order valence-corrected chi connectivity index (χ4v) is 2.78. The van der Waals surface area contributed by atoms with E-state index < -0.39 is 0 Å². The van der Waals surface area contributed by atoms with Gasteiger partial charge in [-0.3, -0.25) is 0 Å². The number of rotatable bonds is 5. The third kappa shape index (κ3) is 3.70. The van der Waals surface area contributed by atoms with Gasteiger partial charge in [0.05, 0.1) is 3.79 Å². The first-order valence-electron chi connectivity index (χ1n) is 4.21. The van der Waals surface area contributed by atoms with Gasteiger partial charge in [0, 0.05) is 28.7 Å². The molecule has 1 heterocycles. The second-order valence-corrected chi connectivity index (χ2v) is 6.47. The lowest BCUT2D eigenvalue weighted by molar-refractivity contribution is 0.437.